The Labute approximate surface area is 187 Å². The third kappa shape index (κ3) is 5.46. The van der Waals surface area contributed by atoms with Crippen LogP contribution in [0.25, 0.3) is 0 Å². The van der Waals surface area contributed by atoms with E-state index in [-0.39, 0.29) is 11.9 Å². The van der Waals surface area contributed by atoms with Gasteiger partial charge in [0.2, 0.25) is 0 Å². The molecule has 0 aromatic carbocycles. The van der Waals surface area contributed by atoms with Crippen molar-refractivity contribution in [2.24, 2.45) is 11.8 Å². The number of carbonyl (C=O) groups is 1. The lowest BCUT2D eigenvalue weighted by atomic mass is 9.74. The Morgan fingerprint density at radius 2 is 1.97 bits per heavy atom. The normalized spacial score (nSPS) is 29.9. The predicted molar refractivity (Wildman–Crippen MR) is 124 cm³/mol. The molecule has 2 aliphatic carbocycles. The molecule has 4 rings (SSSR count). The molecule has 6 heteroatoms. The van der Waals surface area contributed by atoms with Gasteiger partial charge in [-0.2, -0.15) is 0 Å². The van der Waals surface area contributed by atoms with Crippen LogP contribution in [0.4, 0.5) is 0 Å². The van der Waals surface area contributed by atoms with Crippen LogP contribution in [-0.4, -0.2) is 40.4 Å². The Bertz CT molecular complexity index is 748. The van der Waals surface area contributed by atoms with Crippen LogP contribution in [0.15, 0.2) is 24.4 Å². The molecule has 1 amide bonds. The van der Waals surface area contributed by atoms with Crippen molar-refractivity contribution in [3.63, 3.8) is 0 Å². The van der Waals surface area contributed by atoms with Crippen molar-refractivity contribution >= 4 is 11.9 Å². The molecule has 3 N–H and O–H groups in total. The molecule has 2 saturated carbocycles. The van der Waals surface area contributed by atoms with Crippen LogP contribution in [-0.2, 0) is 11.3 Å². The average Bonchev–Trinajstić information content (AvgIpc) is 3.01. The first kappa shape index (κ1) is 22.3. The number of rotatable bonds is 8. The molecular weight excluding hydrogens is 386 g/mol. The van der Waals surface area contributed by atoms with Gasteiger partial charge >= 0.3 is 0 Å². The first-order valence-corrected chi connectivity index (χ1v) is 12.3. The first-order valence-electron chi connectivity index (χ1n) is 12.3. The van der Waals surface area contributed by atoms with Crippen molar-refractivity contribution in [3.8, 4) is 0 Å². The largest absolute Gasteiger partial charge is 0.342 e. The molecule has 3 aliphatic rings. The Hall–Kier alpha value is -1.95. The highest BCUT2D eigenvalue weighted by Gasteiger charge is 2.49. The maximum Gasteiger partial charge on any atom is 0.254 e. The lowest BCUT2D eigenvalue weighted by molar-refractivity contribution is -0.131. The minimum Gasteiger partial charge on any atom is -0.342 e. The zero-order valence-corrected chi connectivity index (χ0v) is 19.0. The van der Waals surface area contributed by atoms with Gasteiger partial charge in [0.1, 0.15) is 5.54 Å². The summed E-state index contributed by atoms with van der Waals surface area (Å²) >= 11 is 0. The summed E-state index contributed by atoms with van der Waals surface area (Å²) in [6.45, 7) is 0.801. The number of amides is 1. The SMILES string of the molecule is CN1C(=N)N[C@](CCC2CCCCC2)(C[C@@H]2CCC[C@@H](NCc3ccccn3)C2)C1=O. The predicted octanol–water partition coefficient (Wildman–Crippen LogP) is 4.22. The Kier molecular flexibility index (Phi) is 7.26. The van der Waals surface area contributed by atoms with E-state index in [4.69, 9.17) is 5.41 Å². The highest BCUT2D eigenvalue weighted by Crippen LogP contribution is 2.38. The van der Waals surface area contributed by atoms with E-state index >= 15 is 0 Å². The summed E-state index contributed by atoms with van der Waals surface area (Å²) in [5.41, 5.74) is 0.507. The van der Waals surface area contributed by atoms with E-state index < -0.39 is 5.54 Å². The van der Waals surface area contributed by atoms with Gasteiger partial charge in [-0.1, -0.05) is 51.0 Å². The van der Waals surface area contributed by atoms with Gasteiger partial charge in [-0.25, -0.2) is 0 Å². The molecule has 0 bridgehead atoms. The van der Waals surface area contributed by atoms with E-state index in [2.05, 4.69) is 21.7 Å². The standard InChI is InChI=1S/C25H39N5O/c1-30-23(31)25(29-24(30)26,14-13-19-8-3-2-4-9-19)17-20-10-7-12-21(16-20)28-18-22-11-5-6-15-27-22/h5-6,11,15,19-21,28H,2-4,7-10,12-14,16-18H2,1H3,(H2,26,29)/t20-,21-,25-/m1/s1. The van der Waals surface area contributed by atoms with E-state index in [0.717, 1.165) is 43.8 Å². The summed E-state index contributed by atoms with van der Waals surface area (Å²) < 4.78 is 0. The number of nitrogens with one attached hydrogen (secondary N) is 3. The topological polar surface area (TPSA) is 81.1 Å². The van der Waals surface area contributed by atoms with Crippen molar-refractivity contribution in [2.75, 3.05) is 7.05 Å². The highest BCUT2D eigenvalue weighted by molar-refractivity contribution is 6.07. The molecule has 2 heterocycles. The highest BCUT2D eigenvalue weighted by atomic mass is 16.2. The van der Waals surface area contributed by atoms with Crippen LogP contribution in [0, 0.1) is 17.2 Å². The average molecular weight is 426 g/mol. The molecule has 1 saturated heterocycles. The lowest BCUT2D eigenvalue weighted by Crippen LogP contribution is -2.49. The molecule has 3 fully saturated rings. The Morgan fingerprint density at radius 3 is 2.68 bits per heavy atom. The fraction of sp³-hybridized carbons (Fsp3) is 0.720. The third-order valence-electron chi connectivity index (χ3n) is 7.83. The Morgan fingerprint density at radius 1 is 1.16 bits per heavy atom. The van der Waals surface area contributed by atoms with Crippen molar-refractivity contribution in [1.82, 2.24) is 20.5 Å². The summed E-state index contributed by atoms with van der Waals surface area (Å²) in [7, 11) is 1.75. The maximum absolute atomic E-state index is 13.3. The molecule has 31 heavy (non-hydrogen) atoms. The smallest absolute Gasteiger partial charge is 0.254 e. The number of hydrogen-bond donors (Lipinski definition) is 3. The van der Waals surface area contributed by atoms with Gasteiger partial charge in [0.15, 0.2) is 5.96 Å². The van der Waals surface area contributed by atoms with E-state index in [1.165, 1.54) is 56.3 Å². The second kappa shape index (κ2) is 10.1. The van der Waals surface area contributed by atoms with Crippen LogP contribution in [0.3, 0.4) is 0 Å². The van der Waals surface area contributed by atoms with Gasteiger partial charge < -0.3 is 10.6 Å². The van der Waals surface area contributed by atoms with Gasteiger partial charge in [0, 0.05) is 25.8 Å². The van der Waals surface area contributed by atoms with Gasteiger partial charge in [0.05, 0.1) is 5.69 Å². The summed E-state index contributed by atoms with van der Waals surface area (Å²) in [5.74, 6) is 1.64. The molecule has 170 valence electrons. The zero-order chi connectivity index (χ0) is 21.7. The van der Waals surface area contributed by atoms with Gasteiger partial charge in [-0.15, -0.1) is 0 Å². The summed E-state index contributed by atoms with van der Waals surface area (Å²) in [5, 5.41) is 15.3. The van der Waals surface area contributed by atoms with Crippen LogP contribution in [0.1, 0.15) is 82.7 Å². The van der Waals surface area contributed by atoms with E-state index in [1.807, 2.05) is 18.3 Å². The molecular formula is C25H39N5O. The van der Waals surface area contributed by atoms with Crippen molar-refractivity contribution in [1.29, 1.82) is 5.41 Å². The third-order valence-corrected chi connectivity index (χ3v) is 7.83. The van der Waals surface area contributed by atoms with Crippen LogP contribution in [0.2, 0.25) is 0 Å². The molecule has 0 unspecified atom stereocenters. The summed E-state index contributed by atoms with van der Waals surface area (Å²) in [4.78, 5) is 19.2. The molecule has 3 atom stereocenters. The fourth-order valence-electron chi connectivity index (χ4n) is 6.03. The van der Waals surface area contributed by atoms with Crippen molar-refractivity contribution < 1.29 is 4.79 Å². The zero-order valence-electron chi connectivity index (χ0n) is 19.0. The number of nitrogens with zero attached hydrogens (tertiary/aromatic N) is 2. The van der Waals surface area contributed by atoms with Crippen LogP contribution < -0.4 is 10.6 Å². The summed E-state index contributed by atoms with van der Waals surface area (Å²) in [6, 6.07) is 6.53. The lowest BCUT2D eigenvalue weighted by Gasteiger charge is -2.37. The minimum absolute atomic E-state index is 0.108. The first-order chi connectivity index (χ1) is 15.1. The van der Waals surface area contributed by atoms with Gasteiger partial charge in [-0.3, -0.25) is 20.1 Å². The molecule has 0 radical (unpaired) electrons. The fourth-order valence-corrected chi connectivity index (χ4v) is 6.03. The number of carbonyl (C=O) groups excluding carboxylic acids is 1. The maximum atomic E-state index is 13.3. The van der Waals surface area contributed by atoms with Crippen LogP contribution >= 0.6 is 0 Å². The van der Waals surface area contributed by atoms with E-state index in [0.29, 0.717) is 12.0 Å². The number of hydrogen-bond acceptors (Lipinski definition) is 4. The van der Waals surface area contributed by atoms with Crippen molar-refractivity contribution in [3.05, 3.63) is 30.1 Å². The summed E-state index contributed by atoms with van der Waals surface area (Å²) in [6.07, 6.45) is 16.0. The second-order valence-electron chi connectivity index (χ2n) is 10.1. The number of guanidine groups is 1. The molecule has 1 aromatic heterocycles. The molecule has 1 aromatic rings. The molecule has 1 aliphatic heterocycles. The number of aromatic nitrogens is 1. The van der Waals surface area contributed by atoms with Crippen LogP contribution in [0.5, 0.6) is 0 Å². The van der Waals surface area contributed by atoms with Gasteiger partial charge in [-0.05, 0) is 56.1 Å². The quantitative estimate of drug-likeness (QED) is 0.583. The van der Waals surface area contributed by atoms with Gasteiger partial charge in [0.25, 0.3) is 5.91 Å². The van der Waals surface area contributed by atoms with E-state index in [9.17, 15) is 4.79 Å². The molecule has 6 nitrogen and oxygen atoms in total. The minimum atomic E-state index is -0.573. The Balaban J connectivity index is 1.37. The number of pyridine rings is 1. The van der Waals surface area contributed by atoms with E-state index in [1.54, 1.807) is 7.05 Å². The number of likely N-dealkylation sites (N-methyl/N-ethyl adjacent to an activating group) is 1. The monoisotopic (exact) mass is 425 g/mol. The second-order valence-corrected chi connectivity index (χ2v) is 10.1. The van der Waals surface area contributed by atoms with Crippen molar-refractivity contribution in [2.45, 2.75) is 95.2 Å². The molecule has 0 spiro atoms.